The van der Waals surface area contributed by atoms with Gasteiger partial charge in [-0.2, -0.15) is 0 Å². The number of rotatable bonds is 4. The minimum absolute atomic E-state index is 0.818. The van der Waals surface area contributed by atoms with E-state index >= 15 is 0 Å². The summed E-state index contributed by atoms with van der Waals surface area (Å²) in [7, 11) is 0. The van der Waals surface area contributed by atoms with E-state index in [-0.39, 0.29) is 0 Å². The van der Waals surface area contributed by atoms with E-state index in [1.54, 1.807) is 0 Å². The summed E-state index contributed by atoms with van der Waals surface area (Å²) in [5.74, 6) is 0.910. The van der Waals surface area contributed by atoms with E-state index in [1.807, 2.05) is 12.3 Å². The molecule has 1 atom stereocenters. The molecule has 0 aromatic carbocycles. The average molecular weight is 287 g/mol. The van der Waals surface area contributed by atoms with E-state index in [0.717, 1.165) is 18.4 Å². The van der Waals surface area contributed by atoms with Crippen LogP contribution >= 0.6 is 0 Å². The fourth-order valence-electron chi connectivity index (χ4n) is 4.04. The van der Waals surface area contributed by atoms with Crippen molar-refractivity contribution in [3.8, 4) is 0 Å². The molecule has 0 saturated carbocycles. The van der Waals surface area contributed by atoms with Gasteiger partial charge < -0.3 is 5.32 Å². The summed E-state index contributed by atoms with van der Waals surface area (Å²) in [6.45, 7) is 4.91. The summed E-state index contributed by atoms with van der Waals surface area (Å²) in [6.07, 6.45) is 11.4. The molecule has 2 saturated heterocycles. The van der Waals surface area contributed by atoms with E-state index < -0.39 is 0 Å². The van der Waals surface area contributed by atoms with Gasteiger partial charge in [-0.15, -0.1) is 0 Å². The predicted molar refractivity (Wildman–Crippen MR) is 87.4 cm³/mol. The Labute approximate surface area is 129 Å². The van der Waals surface area contributed by atoms with Gasteiger partial charge in [0.25, 0.3) is 0 Å². The van der Waals surface area contributed by atoms with Crippen LogP contribution in [-0.2, 0) is 6.42 Å². The molecule has 116 valence electrons. The van der Waals surface area contributed by atoms with Gasteiger partial charge in [-0.25, -0.2) is 0 Å². The molecule has 3 heteroatoms. The molecular formula is C18H29N3. The molecule has 3 nitrogen and oxygen atoms in total. The van der Waals surface area contributed by atoms with Crippen molar-refractivity contribution in [3.63, 3.8) is 0 Å². The van der Waals surface area contributed by atoms with Gasteiger partial charge in [-0.1, -0.05) is 18.9 Å². The molecule has 21 heavy (non-hydrogen) atoms. The van der Waals surface area contributed by atoms with Gasteiger partial charge in [0.1, 0.15) is 0 Å². The highest BCUT2D eigenvalue weighted by Gasteiger charge is 2.29. The van der Waals surface area contributed by atoms with Crippen molar-refractivity contribution in [2.75, 3.05) is 26.2 Å². The lowest BCUT2D eigenvalue weighted by Crippen LogP contribution is -2.45. The third-order valence-electron chi connectivity index (χ3n) is 5.22. The Morgan fingerprint density at radius 2 is 2.00 bits per heavy atom. The van der Waals surface area contributed by atoms with Gasteiger partial charge >= 0.3 is 0 Å². The van der Waals surface area contributed by atoms with E-state index in [4.69, 9.17) is 0 Å². The van der Waals surface area contributed by atoms with Crippen LogP contribution in [0.25, 0.3) is 0 Å². The monoisotopic (exact) mass is 287 g/mol. The summed E-state index contributed by atoms with van der Waals surface area (Å²) in [6, 6.07) is 7.10. The van der Waals surface area contributed by atoms with Crippen LogP contribution in [0.2, 0.25) is 0 Å². The first-order valence-electron chi connectivity index (χ1n) is 8.78. The maximum atomic E-state index is 4.49. The molecule has 2 aliphatic heterocycles. The van der Waals surface area contributed by atoms with Crippen LogP contribution in [0, 0.1) is 5.92 Å². The third kappa shape index (κ3) is 4.27. The molecule has 1 unspecified atom stereocenters. The van der Waals surface area contributed by atoms with Crippen molar-refractivity contribution < 1.29 is 0 Å². The summed E-state index contributed by atoms with van der Waals surface area (Å²) < 4.78 is 0. The molecule has 2 fully saturated rings. The van der Waals surface area contributed by atoms with Crippen LogP contribution in [0.15, 0.2) is 24.4 Å². The molecule has 0 amide bonds. The topological polar surface area (TPSA) is 28.2 Å². The van der Waals surface area contributed by atoms with Gasteiger partial charge in [0.05, 0.1) is 0 Å². The Morgan fingerprint density at radius 1 is 1.10 bits per heavy atom. The predicted octanol–water partition coefficient (Wildman–Crippen LogP) is 2.87. The molecule has 1 aromatic rings. The second kappa shape index (κ2) is 7.90. The molecule has 0 bridgehead atoms. The van der Waals surface area contributed by atoms with Crippen LogP contribution in [-0.4, -0.2) is 42.1 Å². The van der Waals surface area contributed by atoms with Crippen LogP contribution in [0.4, 0.5) is 0 Å². The molecule has 1 N–H and O–H groups in total. The Morgan fingerprint density at radius 3 is 2.81 bits per heavy atom. The Kier molecular flexibility index (Phi) is 5.64. The molecule has 0 spiro atoms. The van der Waals surface area contributed by atoms with Crippen LogP contribution < -0.4 is 5.32 Å². The lowest BCUT2D eigenvalue weighted by Gasteiger charge is -2.38. The summed E-state index contributed by atoms with van der Waals surface area (Å²) >= 11 is 0. The first-order chi connectivity index (χ1) is 10.4. The first-order valence-corrected chi connectivity index (χ1v) is 8.78. The van der Waals surface area contributed by atoms with E-state index in [2.05, 4.69) is 27.3 Å². The summed E-state index contributed by atoms with van der Waals surface area (Å²) in [5, 5.41) is 3.51. The lowest BCUT2D eigenvalue weighted by atomic mass is 9.86. The zero-order valence-electron chi connectivity index (χ0n) is 13.1. The third-order valence-corrected chi connectivity index (χ3v) is 5.22. The van der Waals surface area contributed by atoms with Gasteiger partial charge in [-0.3, -0.25) is 9.88 Å². The zero-order chi connectivity index (χ0) is 14.3. The number of nitrogens with one attached hydrogen (secondary N) is 1. The lowest BCUT2D eigenvalue weighted by molar-refractivity contribution is 0.123. The first kappa shape index (κ1) is 15.0. The fraction of sp³-hybridized carbons (Fsp3) is 0.722. The highest BCUT2D eigenvalue weighted by atomic mass is 15.2. The summed E-state index contributed by atoms with van der Waals surface area (Å²) in [4.78, 5) is 7.28. The van der Waals surface area contributed by atoms with Gasteiger partial charge in [-0.05, 0) is 63.4 Å². The smallest absolute Gasteiger partial charge is 0.0416 e. The number of nitrogens with zero attached hydrogens (tertiary/aromatic N) is 2. The quantitative estimate of drug-likeness (QED) is 0.923. The van der Waals surface area contributed by atoms with Gasteiger partial charge in [0.15, 0.2) is 0 Å². The largest absolute Gasteiger partial charge is 0.317 e. The number of pyridine rings is 1. The standard InChI is InChI=1S/C18H29N3/c1-2-7-18(16-8-12-19-13-9-16)21(14-5-1)15-10-17-6-3-4-11-20-17/h3-4,6,11,16,18-19H,1-2,5,7-10,12-15H2. The van der Waals surface area contributed by atoms with Crippen LogP contribution in [0.3, 0.4) is 0 Å². The maximum Gasteiger partial charge on any atom is 0.0416 e. The molecule has 2 aliphatic rings. The molecule has 3 heterocycles. The number of hydrogen-bond donors (Lipinski definition) is 1. The summed E-state index contributed by atoms with van der Waals surface area (Å²) in [5.41, 5.74) is 1.24. The maximum absolute atomic E-state index is 4.49. The van der Waals surface area contributed by atoms with Crippen molar-refractivity contribution in [2.24, 2.45) is 5.92 Å². The molecule has 0 radical (unpaired) electrons. The van der Waals surface area contributed by atoms with E-state index in [1.165, 1.54) is 70.4 Å². The Balaban J connectivity index is 1.61. The van der Waals surface area contributed by atoms with Crippen molar-refractivity contribution in [3.05, 3.63) is 30.1 Å². The number of piperidine rings is 1. The Bertz CT molecular complexity index is 400. The van der Waals surface area contributed by atoms with Gasteiger partial charge in [0.2, 0.25) is 0 Å². The van der Waals surface area contributed by atoms with Crippen LogP contribution in [0.1, 0.15) is 44.2 Å². The SMILES string of the molecule is c1ccc(CCN2CCCCCC2C2CCNCC2)nc1. The fourth-order valence-corrected chi connectivity index (χ4v) is 4.04. The van der Waals surface area contributed by atoms with E-state index in [0.29, 0.717) is 0 Å². The molecule has 1 aromatic heterocycles. The van der Waals surface area contributed by atoms with Crippen LogP contribution in [0.5, 0.6) is 0 Å². The molecule has 3 rings (SSSR count). The van der Waals surface area contributed by atoms with Crippen molar-refractivity contribution >= 4 is 0 Å². The Hall–Kier alpha value is -0.930. The molecular weight excluding hydrogens is 258 g/mol. The second-order valence-corrected chi connectivity index (χ2v) is 6.61. The normalized spacial score (nSPS) is 25.6. The number of aromatic nitrogens is 1. The number of hydrogen-bond acceptors (Lipinski definition) is 3. The van der Waals surface area contributed by atoms with E-state index in [9.17, 15) is 0 Å². The van der Waals surface area contributed by atoms with Crippen molar-refractivity contribution in [1.29, 1.82) is 0 Å². The number of likely N-dealkylation sites (tertiary alicyclic amines) is 1. The average Bonchev–Trinajstić information content (AvgIpc) is 2.80. The second-order valence-electron chi connectivity index (χ2n) is 6.61. The molecule has 0 aliphatic carbocycles. The zero-order valence-corrected chi connectivity index (χ0v) is 13.1. The van der Waals surface area contributed by atoms with Crippen molar-refractivity contribution in [1.82, 2.24) is 15.2 Å². The highest BCUT2D eigenvalue weighted by molar-refractivity contribution is 5.04. The highest BCUT2D eigenvalue weighted by Crippen LogP contribution is 2.28. The van der Waals surface area contributed by atoms with Gasteiger partial charge in [0, 0.05) is 30.9 Å². The minimum atomic E-state index is 0.818. The minimum Gasteiger partial charge on any atom is -0.317 e. The van der Waals surface area contributed by atoms with Crippen molar-refractivity contribution in [2.45, 2.75) is 51.0 Å².